The van der Waals surface area contributed by atoms with E-state index in [-0.39, 0.29) is 30.2 Å². The maximum absolute atomic E-state index is 13.3. The molecule has 9 heteroatoms. The molecule has 0 aliphatic carbocycles. The van der Waals surface area contributed by atoms with Crippen LogP contribution in [0.1, 0.15) is 30.3 Å². The van der Waals surface area contributed by atoms with Gasteiger partial charge in [0.1, 0.15) is 5.54 Å². The lowest BCUT2D eigenvalue weighted by atomic mass is 9.87. The van der Waals surface area contributed by atoms with Gasteiger partial charge in [-0.1, -0.05) is 55.5 Å². The number of nitrogens with zero attached hydrogens (tertiary/aromatic N) is 4. The van der Waals surface area contributed by atoms with Gasteiger partial charge in [-0.25, -0.2) is 4.79 Å². The Morgan fingerprint density at radius 2 is 1.74 bits per heavy atom. The van der Waals surface area contributed by atoms with Crippen molar-refractivity contribution in [2.24, 2.45) is 0 Å². The summed E-state index contributed by atoms with van der Waals surface area (Å²) < 4.78 is 0. The monoisotopic (exact) mass is 417 g/mol. The molecule has 1 atom stereocenters. The van der Waals surface area contributed by atoms with E-state index in [1.165, 1.54) is 0 Å². The number of nitrogen functional groups attached to an aromatic ring is 1. The number of urea groups is 1. The molecule has 31 heavy (non-hydrogen) atoms. The van der Waals surface area contributed by atoms with Crippen molar-refractivity contribution in [3.63, 3.8) is 0 Å². The summed E-state index contributed by atoms with van der Waals surface area (Å²) in [6.45, 7) is 3.70. The zero-order valence-electron chi connectivity index (χ0n) is 17.3. The third-order valence-electron chi connectivity index (χ3n) is 5.36. The summed E-state index contributed by atoms with van der Waals surface area (Å²) in [5.74, 6) is 0.109. The lowest BCUT2D eigenvalue weighted by Crippen LogP contribution is -2.43. The summed E-state index contributed by atoms with van der Waals surface area (Å²) in [4.78, 5) is 39.7. The van der Waals surface area contributed by atoms with Crippen LogP contribution in [0.25, 0.3) is 0 Å². The highest BCUT2D eigenvalue weighted by atomic mass is 16.2. The van der Waals surface area contributed by atoms with Gasteiger partial charge in [-0.2, -0.15) is 15.0 Å². The molecule has 1 fully saturated rings. The first-order chi connectivity index (χ1) is 14.9. The highest BCUT2D eigenvalue weighted by Crippen LogP contribution is 2.33. The van der Waals surface area contributed by atoms with Crippen molar-refractivity contribution in [2.45, 2.75) is 32.4 Å². The fourth-order valence-corrected chi connectivity index (χ4v) is 3.67. The molecule has 0 unspecified atom stereocenters. The van der Waals surface area contributed by atoms with Gasteiger partial charge in [0.25, 0.3) is 5.91 Å². The van der Waals surface area contributed by atoms with Gasteiger partial charge in [0.05, 0.1) is 6.54 Å². The first-order valence-electron chi connectivity index (χ1n) is 9.95. The Hall–Kier alpha value is -4.01. The van der Waals surface area contributed by atoms with Crippen molar-refractivity contribution >= 4 is 29.5 Å². The molecule has 2 heterocycles. The third-order valence-corrected chi connectivity index (χ3v) is 5.36. The molecule has 1 aliphatic heterocycles. The lowest BCUT2D eigenvalue weighted by molar-refractivity contribution is -0.132. The number of amides is 3. The predicted molar refractivity (Wildman–Crippen MR) is 116 cm³/mol. The van der Waals surface area contributed by atoms with Gasteiger partial charge in [0.2, 0.25) is 11.9 Å². The molecule has 3 amide bonds. The first-order valence-corrected chi connectivity index (χ1v) is 9.95. The molecule has 4 N–H and O–H groups in total. The summed E-state index contributed by atoms with van der Waals surface area (Å²) in [7, 11) is 0. The van der Waals surface area contributed by atoms with Crippen molar-refractivity contribution in [3.8, 4) is 0 Å². The van der Waals surface area contributed by atoms with Crippen LogP contribution in [0.4, 0.5) is 22.4 Å². The SMILES string of the molecule is CC[C@@]1(c2ccccc2)NC(=O)N(Cc2nc(N)nc(Nc3ccccc3C)n2)C1=O. The number of benzene rings is 2. The molecule has 9 nitrogen and oxygen atoms in total. The molecular formula is C22H23N7O2. The first kappa shape index (κ1) is 20.3. The molecular weight excluding hydrogens is 394 g/mol. The van der Waals surface area contributed by atoms with Crippen LogP contribution >= 0.6 is 0 Å². The summed E-state index contributed by atoms with van der Waals surface area (Å²) in [6.07, 6.45) is 0.414. The lowest BCUT2D eigenvalue weighted by Gasteiger charge is -2.25. The van der Waals surface area contributed by atoms with E-state index in [9.17, 15) is 9.59 Å². The third kappa shape index (κ3) is 3.77. The number of imide groups is 1. The Morgan fingerprint density at radius 3 is 2.45 bits per heavy atom. The summed E-state index contributed by atoms with van der Waals surface area (Å²) in [6, 6.07) is 16.4. The molecule has 1 saturated heterocycles. The van der Waals surface area contributed by atoms with Crippen molar-refractivity contribution in [1.29, 1.82) is 0 Å². The largest absolute Gasteiger partial charge is 0.368 e. The smallest absolute Gasteiger partial charge is 0.325 e. The normalized spacial score (nSPS) is 18.2. The molecule has 1 aliphatic rings. The van der Waals surface area contributed by atoms with E-state index in [0.29, 0.717) is 6.42 Å². The fourth-order valence-electron chi connectivity index (χ4n) is 3.67. The van der Waals surface area contributed by atoms with E-state index in [0.717, 1.165) is 21.7 Å². The second kappa shape index (κ2) is 8.02. The number of para-hydroxylation sites is 1. The van der Waals surface area contributed by atoms with E-state index in [2.05, 4.69) is 25.6 Å². The van der Waals surface area contributed by atoms with Crippen molar-refractivity contribution < 1.29 is 9.59 Å². The van der Waals surface area contributed by atoms with Crippen molar-refractivity contribution in [1.82, 2.24) is 25.2 Å². The number of nitrogens with one attached hydrogen (secondary N) is 2. The van der Waals surface area contributed by atoms with Gasteiger partial charge >= 0.3 is 6.03 Å². The van der Waals surface area contributed by atoms with Crippen molar-refractivity contribution in [3.05, 3.63) is 71.5 Å². The van der Waals surface area contributed by atoms with Gasteiger partial charge in [-0.05, 0) is 30.5 Å². The molecule has 0 radical (unpaired) electrons. The number of anilines is 3. The van der Waals surface area contributed by atoms with Crippen LogP contribution in [0.3, 0.4) is 0 Å². The van der Waals surface area contributed by atoms with Gasteiger partial charge in [-0.15, -0.1) is 0 Å². The number of carbonyl (C=O) groups is 2. The number of aromatic nitrogens is 3. The molecule has 0 bridgehead atoms. The number of aryl methyl sites for hydroxylation is 1. The molecule has 3 aromatic rings. The van der Waals surface area contributed by atoms with Gasteiger partial charge in [0.15, 0.2) is 5.82 Å². The Bertz CT molecular complexity index is 1140. The van der Waals surface area contributed by atoms with Gasteiger partial charge < -0.3 is 16.4 Å². The Labute approximate surface area is 179 Å². The highest BCUT2D eigenvalue weighted by Gasteiger charge is 2.51. The molecule has 158 valence electrons. The van der Waals surface area contributed by atoms with E-state index >= 15 is 0 Å². The molecule has 2 aromatic carbocycles. The minimum absolute atomic E-state index is 0.00190. The number of carbonyl (C=O) groups excluding carboxylic acids is 2. The standard InChI is InChI=1S/C22H23N7O2/c1-3-22(15-10-5-4-6-11-15)18(30)29(21(31)28-22)13-17-25-19(23)27-20(26-17)24-16-12-8-7-9-14(16)2/h4-12H,3,13H2,1-2H3,(H,28,31)(H3,23,24,25,26,27)/t22-/m0/s1. The fraction of sp³-hybridized carbons (Fsp3) is 0.227. The zero-order chi connectivity index (χ0) is 22.0. The Morgan fingerprint density at radius 1 is 1.03 bits per heavy atom. The van der Waals surface area contributed by atoms with Gasteiger partial charge in [-0.3, -0.25) is 9.69 Å². The van der Waals surface area contributed by atoms with E-state index < -0.39 is 11.6 Å². The maximum atomic E-state index is 13.3. The average molecular weight is 417 g/mol. The van der Waals surface area contributed by atoms with Crippen molar-refractivity contribution in [2.75, 3.05) is 11.1 Å². The van der Waals surface area contributed by atoms with E-state index in [4.69, 9.17) is 5.73 Å². The zero-order valence-corrected chi connectivity index (χ0v) is 17.3. The second-order valence-electron chi connectivity index (χ2n) is 7.32. The van der Waals surface area contributed by atoms with E-state index in [1.807, 2.05) is 68.4 Å². The topological polar surface area (TPSA) is 126 Å². The van der Waals surface area contributed by atoms with Crippen LogP contribution in [0.15, 0.2) is 54.6 Å². The van der Waals surface area contributed by atoms with Crippen LogP contribution in [-0.4, -0.2) is 31.8 Å². The molecule has 1 aromatic heterocycles. The Balaban J connectivity index is 1.61. The number of hydrogen-bond donors (Lipinski definition) is 3. The summed E-state index contributed by atoms with van der Waals surface area (Å²) in [5.41, 5.74) is 7.31. The minimum Gasteiger partial charge on any atom is -0.368 e. The number of rotatable bonds is 6. The van der Waals surface area contributed by atoms with Crippen LogP contribution in [0.5, 0.6) is 0 Å². The minimum atomic E-state index is -1.11. The Kier molecular flexibility index (Phi) is 5.24. The summed E-state index contributed by atoms with van der Waals surface area (Å²) >= 11 is 0. The molecule has 4 rings (SSSR count). The summed E-state index contributed by atoms with van der Waals surface area (Å²) in [5, 5.41) is 5.96. The second-order valence-corrected chi connectivity index (χ2v) is 7.32. The van der Waals surface area contributed by atoms with Crippen LogP contribution in [0, 0.1) is 6.92 Å². The molecule has 0 saturated carbocycles. The number of hydrogen-bond acceptors (Lipinski definition) is 7. The van der Waals surface area contributed by atoms with E-state index in [1.54, 1.807) is 0 Å². The van der Waals surface area contributed by atoms with Crippen LogP contribution in [-0.2, 0) is 16.9 Å². The maximum Gasteiger partial charge on any atom is 0.325 e. The van der Waals surface area contributed by atoms with Crippen LogP contribution < -0.4 is 16.4 Å². The van der Waals surface area contributed by atoms with Crippen LogP contribution in [0.2, 0.25) is 0 Å². The quantitative estimate of drug-likeness (QED) is 0.526. The molecule has 0 spiro atoms. The highest BCUT2D eigenvalue weighted by molar-refractivity contribution is 6.07. The van der Waals surface area contributed by atoms with Gasteiger partial charge in [0, 0.05) is 5.69 Å². The number of nitrogens with two attached hydrogens (primary N) is 1. The predicted octanol–water partition coefficient (Wildman–Crippen LogP) is 2.86. The average Bonchev–Trinajstić information content (AvgIpc) is 3.01.